The van der Waals surface area contributed by atoms with Gasteiger partial charge in [0.2, 0.25) is 0 Å². The SMILES string of the molecule is C=C(NC)C(C)CCCC=C(C)C. The van der Waals surface area contributed by atoms with Crippen LogP contribution in [0.3, 0.4) is 0 Å². The van der Waals surface area contributed by atoms with Gasteiger partial charge in [-0.1, -0.05) is 25.2 Å². The second kappa shape index (κ2) is 6.76. The van der Waals surface area contributed by atoms with Gasteiger partial charge in [0.25, 0.3) is 0 Å². The molecule has 0 saturated carbocycles. The molecule has 1 heteroatoms. The van der Waals surface area contributed by atoms with Crippen LogP contribution in [0.5, 0.6) is 0 Å². The predicted octanol–water partition coefficient (Wildman–Crippen LogP) is 3.49. The van der Waals surface area contributed by atoms with E-state index in [1.807, 2.05) is 7.05 Å². The zero-order chi connectivity index (χ0) is 10.3. The monoisotopic (exact) mass is 181 g/mol. The first-order chi connectivity index (χ1) is 6.07. The number of unbranched alkanes of at least 4 members (excludes halogenated alkanes) is 1. The van der Waals surface area contributed by atoms with E-state index < -0.39 is 0 Å². The van der Waals surface area contributed by atoms with Crippen molar-refractivity contribution in [1.29, 1.82) is 0 Å². The van der Waals surface area contributed by atoms with E-state index in [0.717, 1.165) is 5.70 Å². The average molecular weight is 181 g/mol. The molecule has 0 aromatic heterocycles. The Labute approximate surface area is 82.9 Å². The highest BCUT2D eigenvalue weighted by molar-refractivity contribution is 4.96. The molecule has 1 nitrogen and oxygen atoms in total. The number of hydrogen-bond donors (Lipinski definition) is 1. The Balaban J connectivity index is 3.53. The van der Waals surface area contributed by atoms with E-state index in [1.54, 1.807) is 0 Å². The Kier molecular flexibility index (Phi) is 6.38. The van der Waals surface area contributed by atoms with Gasteiger partial charge < -0.3 is 5.32 Å². The summed E-state index contributed by atoms with van der Waals surface area (Å²) in [4.78, 5) is 0. The third-order valence-corrected chi connectivity index (χ3v) is 2.31. The summed E-state index contributed by atoms with van der Waals surface area (Å²) in [6.45, 7) is 10.5. The summed E-state index contributed by atoms with van der Waals surface area (Å²) in [5.74, 6) is 0.593. The molecule has 76 valence electrons. The molecular weight excluding hydrogens is 158 g/mol. The van der Waals surface area contributed by atoms with E-state index in [9.17, 15) is 0 Å². The second-order valence-electron chi connectivity index (χ2n) is 3.89. The van der Waals surface area contributed by atoms with Crippen molar-refractivity contribution in [2.24, 2.45) is 5.92 Å². The van der Waals surface area contributed by atoms with Crippen molar-refractivity contribution in [3.8, 4) is 0 Å². The Morgan fingerprint density at radius 3 is 2.54 bits per heavy atom. The minimum absolute atomic E-state index is 0.593. The van der Waals surface area contributed by atoms with Gasteiger partial charge in [-0.15, -0.1) is 0 Å². The van der Waals surface area contributed by atoms with Crippen molar-refractivity contribution in [1.82, 2.24) is 5.32 Å². The van der Waals surface area contributed by atoms with Crippen LogP contribution in [0.25, 0.3) is 0 Å². The third kappa shape index (κ3) is 6.44. The fourth-order valence-electron chi connectivity index (χ4n) is 1.24. The molecule has 0 aliphatic carbocycles. The molecular formula is C12H23N. The molecule has 0 aliphatic heterocycles. The normalized spacial score (nSPS) is 12.0. The van der Waals surface area contributed by atoms with Crippen molar-refractivity contribution in [3.05, 3.63) is 23.9 Å². The van der Waals surface area contributed by atoms with Crippen molar-refractivity contribution < 1.29 is 0 Å². The number of hydrogen-bond acceptors (Lipinski definition) is 1. The topological polar surface area (TPSA) is 12.0 Å². The fourth-order valence-corrected chi connectivity index (χ4v) is 1.24. The van der Waals surface area contributed by atoms with Gasteiger partial charge in [-0.05, 0) is 39.0 Å². The lowest BCUT2D eigenvalue weighted by molar-refractivity contribution is 0.557. The quantitative estimate of drug-likeness (QED) is 0.488. The van der Waals surface area contributed by atoms with Crippen molar-refractivity contribution >= 4 is 0 Å². The van der Waals surface area contributed by atoms with E-state index in [0.29, 0.717) is 5.92 Å². The molecule has 0 aromatic rings. The maximum absolute atomic E-state index is 3.96. The number of allylic oxidation sites excluding steroid dienone is 3. The van der Waals surface area contributed by atoms with Gasteiger partial charge in [0.05, 0.1) is 0 Å². The number of rotatable bonds is 6. The maximum atomic E-state index is 3.96. The van der Waals surface area contributed by atoms with Crippen LogP contribution in [0.15, 0.2) is 23.9 Å². The fraction of sp³-hybridized carbons (Fsp3) is 0.667. The lowest BCUT2D eigenvalue weighted by Crippen LogP contribution is -2.12. The van der Waals surface area contributed by atoms with Gasteiger partial charge in [0.15, 0.2) is 0 Å². The number of nitrogens with one attached hydrogen (secondary N) is 1. The van der Waals surface area contributed by atoms with Gasteiger partial charge in [0, 0.05) is 12.7 Å². The summed E-state index contributed by atoms with van der Waals surface area (Å²) in [6, 6.07) is 0. The Hall–Kier alpha value is -0.720. The highest BCUT2D eigenvalue weighted by Crippen LogP contribution is 2.14. The van der Waals surface area contributed by atoms with Gasteiger partial charge >= 0.3 is 0 Å². The first kappa shape index (κ1) is 12.3. The molecule has 0 rings (SSSR count). The molecule has 0 bridgehead atoms. The van der Waals surface area contributed by atoms with E-state index in [1.165, 1.54) is 24.8 Å². The lowest BCUT2D eigenvalue weighted by Gasteiger charge is -2.13. The summed E-state index contributed by atoms with van der Waals surface area (Å²) in [6.07, 6.45) is 5.98. The molecule has 13 heavy (non-hydrogen) atoms. The minimum Gasteiger partial charge on any atom is -0.392 e. The van der Waals surface area contributed by atoms with Crippen LogP contribution in [-0.2, 0) is 0 Å². The smallest absolute Gasteiger partial charge is 0.00597 e. The highest BCUT2D eigenvalue weighted by atomic mass is 14.8. The summed E-state index contributed by atoms with van der Waals surface area (Å²) in [5, 5.41) is 3.10. The third-order valence-electron chi connectivity index (χ3n) is 2.31. The molecule has 1 unspecified atom stereocenters. The predicted molar refractivity (Wildman–Crippen MR) is 60.6 cm³/mol. The van der Waals surface area contributed by atoms with Gasteiger partial charge in [-0.2, -0.15) is 0 Å². The van der Waals surface area contributed by atoms with Crippen LogP contribution in [-0.4, -0.2) is 7.05 Å². The molecule has 0 heterocycles. The summed E-state index contributed by atoms with van der Waals surface area (Å²) in [5.41, 5.74) is 2.57. The molecule has 0 spiro atoms. The lowest BCUT2D eigenvalue weighted by atomic mass is 10.0. The molecule has 0 radical (unpaired) electrons. The van der Waals surface area contributed by atoms with E-state index in [4.69, 9.17) is 0 Å². The first-order valence-electron chi connectivity index (χ1n) is 5.07. The van der Waals surface area contributed by atoms with Gasteiger partial charge in [-0.3, -0.25) is 0 Å². The van der Waals surface area contributed by atoms with Crippen LogP contribution in [0.2, 0.25) is 0 Å². The maximum Gasteiger partial charge on any atom is 0.00597 e. The van der Waals surface area contributed by atoms with Crippen LogP contribution in [0, 0.1) is 5.92 Å². The highest BCUT2D eigenvalue weighted by Gasteiger charge is 2.03. The standard InChI is InChI=1S/C12H23N/c1-10(2)8-6-7-9-11(3)12(4)13-5/h8,11,13H,4,6-7,9H2,1-3,5H3. The van der Waals surface area contributed by atoms with Crippen LogP contribution in [0.4, 0.5) is 0 Å². The van der Waals surface area contributed by atoms with E-state index >= 15 is 0 Å². The molecule has 0 aliphatic rings. The molecule has 0 amide bonds. The zero-order valence-electron chi connectivity index (χ0n) is 9.48. The molecule has 0 fully saturated rings. The Morgan fingerprint density at radius 2 is 2.08 bits per heavy atom. The molecule has 1 N–H and O–H groups in total. The van der Waals surface area contributed by atoms with Crippen LogP contribution >= 0.6 is 0 Å². The summed E-state index contributed by atoms with van der Waals surface area (Å²) >= 11 is 0. The second-order valence-corrected chi connectivity index (χ2v) is 3.89. The largest absolute Gasteiger partial charge is 0.392 e. The van der Waals surface area contributed by atoms with Crippen molar-refractivity contribution in [3.63, 3.8) is 0 Å². The summed E-state index contributed by atoms with van der Waals surface area (Å²) in [7, 11) is 1.94. The minimum atomic E-state index is 0.593. The Morgan fingerprint density at radius 1 is 1.46 bits per heavy atom. The van der Waals surface area contributed by atoms with Crippen molar-refractivity contribution in [2.75, 3.05) is 7.05 Å². The van der Waals surface area contributed by atoms with E-state index in [2.05, 4.69) is 38.7 Å². The average Bonchev–Trinajstić information content (AvgIpc) is 2.10. The Bertz CT molecular complexity index is 176. The van der Waals surface area contributed by atoms with E-state index in [-0.39, 0.29) is 0 Å². The zero-order valence-corrected chi connectivity index (χ0v) is 9.48. The van der Waals surface area contributed by atoms with Crippen molar-refractivity contribution in [2.45, 2.75) is 40.0 Å². The van der Waals surface area contributed by atoms with Gasteiger partial charge in [-0.25, -0.2) is 0 Å². The van der Waals surface area contributed by atoms with Crippen LogP contribution in [0.1, 0.15) is 40.0 Å². The summed E-state index contributed by atoms with van der Waals surface area (Å²) < 4.78 is 0. The van der Waals surface area contributed by atoms with Crippen LogP contribution < -0.4 is 5.32 Å². The molecule has 1 atom stereocenters. The molecule has 0 aromatic carbocycles. The molecule has 0 saturated heterocycles. The van der Waals surface area contributed by atoms with Gasteiger partial charge in [0.1, 0.15) is 0 Å². The first-order valence-corrected chi connectivity index (χ1v) is 5.07.